The number of carbonyl (C=O) groups excluding carboxylic acids is 2. The lowest BCUT2D eigenvalue weighted by Gasteiger charge is -2.30. The summed E-state index contributed by atoms with van der Waals surface area (Å²) in [6.07, 6.45) is 4.55. The summed E-state index contributed by atoms with van der Waals surface area (Å²) in [5.74, 6) is -0.780. The van der Waals surface area contributed by atoms with E-state index in [9.17, 15) is 18.4 Å². The number of alkyl halides is 2. The van der Waals surface area contributed by atoms with Crippen molar-refractivity contribution in [2.75, 3.05) is 26.4 Å². The molecule has 2 aromatic rings. The first-order chi connectivity index (χ1) is 15.9. The lowest BCUT2D eigenvalue weighted by molar-refractivity contribution is -0.115. The molecule has 1 aliphatic heterocycles. The number of amidine groups is 1. The molecule has 2 heterocycles. The summed E-state index contributed by atoms with van der Waals surface area (Å²) < 4.78 is 36.8. The molecule has 1 aromatic heterocycles. The fraction of sp³-hybridized carbons (Fsp3) is 0.286. The van der Waals surface area contributed by atoms with Gasteiger partial charge in [-0.05, 0) is 18.6 Å². The summed E-state index contributed by atoms with van der Waals surface area (Å²) in [5, 5.41) is 8.02. The Hall–Kier alpha value is -4.09. The van der Waals surface area contributed by atoms with Gasteiger partial charge in [0.05, 0.1) is 18.0 Å². The SMILES string of the molecule is N/C=C\C(=[NH2+])NC(=O)c1cc(Oc2cnc(C(=O)N3CCC3)cn2)cc(OC(CF)CF)c1. The van der Waals surface area contributed by atoms with Crippen LogP contribution in [0.2, 0.25) is 0 Å². The summed E-state index contributed by atoms with van der Waals surface area (Å²) in [5.41, 5.74) is 5.45. The maximum Gasteiger partial charge on any atom is 0.339 e. The lowest BCUT2D eigenvalue weighted by Crippen LogP contribution is -2.49. The van der Waals surface area contributed by atoms with Crippen LogP contribution in [0.3, 0.4) is 0 Å². The third-order valence-electron chi connectivity index (χ3n) is 4.54. The first-order valence-corrected chi connectivity index (χ1v) is 9.98. The van der Waals surface area contributed by atoms with Gasteiger partial charge in [-0.15, -0.1) is 0 Å². The predicted molar refractivity (Wildman–Crippen MR) is 113 cm³/mol. The van der Waals surface area contributed by atoms with Gasteiger partial charge in [-0.3, -0.25) is 10.2 Å². The average Bonchev–Trinajstić information content (AvgIpc) is 2.76. The first kappa shape index (κ1) is 23.6. The Bertz CT molecular complexity index is 1040. The fourth-order valence-electron chi connectivity index (χ4n) is 2.76. The van der Waals surface area contributed by atoms with Crippen LogP contribution in [0.1, 0.15) is 27.3 Å². The van der Waals surface area contributed by atoms with E-state index < -0.39 is 25.4 Å². The summed E-state index contributed by atoms with van der Waals surface area (Å²) in [4.78, 5) is 34.5. The smallest absolute Gasteiger partial charge is 0.339 e. The standard InChI is InChI=1S/C21H22F2N6O4/c22-9-16(10-23)32-14-6-13(20(30)28-18(25)2-3-24)7-15(8-14)33-19-12-26-17(11-27-19)21(31)29-4-1-5-29/h2-3,6-8,11-12,16H,1,4-5,9-10,24H2,(H2,25,28,30)/p+1/b3-2-. The molecule has 0 radical (unpaired) electrons. The highest BCUT2D eigenvalue weighted by Gasteiger charge is 2.23. The topological polar surface area (TPSA) is 145 Å². The Labute approximate surface area is 187 Å². The third kappa shape index (κ3) is 6.21. The molecular weight excluding hydrogens is 438 g/mol. The number of hydrogen-bond donors (Lipinski definition) is 3. The van der Waals surface area contributed by atoms with Gasteiger partial charge in [0.1, 0.15) is 30.5 Å². The molecule has 174 valence electrons. The number of hydrogen-bond acceptors (Lipinski definition) is 7. The van der Waals surface area contributed by atoms with E-state index in [1.165, 1.54) is 36.7 Å². The van der Waals surface area contributed by atoms with Gasteiger partial charge >= 0.3 is 5.91 Å². The van der Waals surface area contributed by atoms with Crippen LogP contribution in [0.4, 0.5) is 8.78 Å². The van der Waals surface area contributed by atoms with Crippen LogP contribution in [-0.2, 0) is 0 Å². The van der Waals surface area contributed by atoms with Crippen molar-refractivity contribution in [3.05, 3.63) is 54.1 Å². The van der Waals surface area contributed by atoms with E-state index in [-0.39, 0.29) is 40.4 Å². The number of halogens is 2. The van der Waals surface area contributed by atoms with Crippen LogP contribution >= 0.6 is 0 Å². The zero-order valence-corrected chi connectivity index (χ0v) is 17.5. The molecular formula is C21H23F2N6O4+. The van der Waals surface area contributed by atoms with Crippen LogP contribution in [0, 0.1) is 0 Å². The molecule has 10 nitrogen and oxygen atoms in total. The van der Waals surface area contributed by atoms with E-state index in [4.69, 9.17) is 20.6 Å². The predicted octanol–water partition coefficient (Wildman–Crippen LogP) is 0.161. The van der Waals surface area contributed by atoms with E-state index in [1.54, 1.807) is 4.90 Å². The molecule has 1 aliphatic rings. The molecule has 1 aromatic carbocycles. The monoisotopic (exact) mass is 461 g/mol. The Morgan fingerprint density at radius 3 is 2.48 bits per heavy atom. The number of likely N-dealkylation sites (tertiary alicyclic amines) is 1. The lowest BCUT2D eigenvalue weighted by atomic mass is 10.2. The van der Waals surface area contributed by atoms with E-state index in [0.29, 0.717) is 13.1 Å². The summed E-state index contributed by atoms with van der Waals surface area (Å²) in [6.45, 7) is -0.775. The van der Waals surface area contributed by atoms with Gasteiger partial charge < -0.3 is 20.1 Å². The number of aromatic nitrogens is 2. The summed E-state index contributed by atoms with van der Waals surface area (Å²) in [7, 11) is 0. The van der Waals surface area contributed by atoms with Crippen LogP contribution in [0.5, 0.6) is 17.4 Å². The van der Waals surface area contributed by atoms with Gasteiger partial charge in [0.15, 0.2) is 6.10 Å². The van der Waals surface area contributed by atoms with Gasteiger partial charge in [-0.25, -0.2) is 28.9 Å². The second kappa shape index (κ2) is 11.0. The van der Waals surface area contributed by atoms with Crippen LogP contribution in [-0.4, -0.2) is 65.1 Å². The van der Waals surface area contributed by atoms with Crippen LogP contribution in [0.15, 0.2) is 42.9 Å². The van der Waals surface area contributed by atoms with Crippen molar-refractivity contribution in [3.8, 4) is 17.4 Å². The molecule has 2 amide bonds. The minimum Gasteiger partial charge on any atom is -0.485 e. The summed E-state index contributed by atoms with van der Waals surface area (Å²) in [6, 6.07) is 3.96. The molecule has 1 saturated heterocycles. The number of carbonyl (C=O) groups is 2. The quantitative estimate of drug-likeness (QED) is 0.356. The zero-order valence-electron chi connectivity index (χ0n) is 17.5. The van der Waals surface area contributed by atoms with Crippen molar-refractivity contribution >= 4 is 17.6 Å². The van der Waals surface area contributed by atoms with E-state index in [0.717, 1.165) is 12.6 Å². The minimum absolute atomic E-state index is 0.0107. The van der Waals surface area contributed by atoms with Crippen LogP contribution in [0.25, 0.3) is 0 Å². The Morgan fingerprint density at radius 1 is 1.18 bits per heavy atom. The van der Waals surface area contributed by atoms with Gasteiger partial charge in [0, 0.05) is 31.4 Å². The Morgan fingerprint density at radius 2 is 1.91 bits per heavy atom. The molecule has 0 saturated carbocycles. The van der Waals surface area contributed by atoms with E-state index in [1.807, 2.05) is 0 Å². The van der Waals surface area contributed by atoms with Crippen molar-refractivity contribution in [2.24, 2.45) is 5.73 Å². The number of rotatable bonds is 9. The largest absolute Gasteiger partial charge is 0.485 e. The van der Waals surface area contributed by atoms with Crippen molar-refractivity contribution in [1.82, 2.24) is 20.2 Å². The van der Waals surface area contributed by atoms with Gasteiger partial charge in [-0.2, -0.15) is 0 Å². The Kier molecular flexibility index (Phi) is 7.84. The fourth-order valence-corrected chi connectivity index (χ4v) is 2.76. The maximum atomic E-state index is 12.9. The number of ether oxygens (including phenoxy) is 2. The van der Waals surface area contributed by atoms with Crippen molar-refractivity contribution < 1.29 is 33.3 Å². The zero-order chi connectivity index (χ0) is 23.8. The highest BCUT2D eigenvalue weighted by Crippen LogP contribution is 2.27. The van der Waals surface area contributed by atoms with Gasteiger partial charge in [0.25, 0.3) is 11.7 Å². The highest BCUT2D eigenvalue weighted by atomic mass is 19.1. The van der Waals surface area contributed by atoms with Gasteiger partial charge in [0.2, 0.25) is 5.88 Å². The molecule has 0 spiro atoms. The minimum atomic E-state index is -1.35. The molecule has 12 heteroatoms. The van der Waals surface area contributed by atoms with Crippen molar-refractivity contribution in [3.63, 3.8) is 0 Å². The van der Waals surface area contributed by atoms with E-state index in [2.05, 4.69) is 15.3 Å². The van der Waals surface area contributed by atoms with Crippen molar-refractivity contribution in [1.29, 1.82) is 0 Å². The number of nitrogens with zero attached hydrogens (tertiary/aromatic N) is 3. The molecule has 33 heavy (non-hydrogen) atoms. The molecule has 5 N–H and O–H groups in total. The van der Waals surface area contributed by atoms with E-state index >= 15 is 0 Å². The third-order valence-corrected chi connectivity index (χ3v) is 4.54. The van der Waals surface area contributed by atoms with Gasteiger partial charge in [-0.1, -0.05) is 0 Å². The normalized spacial score (nSPS) is 13.0. The average molecular weight is 461 g/mol. The number of nitrogens with two attached hydrogens (primary N) is 2. The maximum absolute atomic E-state index is 12.9. The Balaban J connectivity index is 1.82. The van der Waals surface area contributed by atoms with Crippen LogP contribution < -0.4 is 25.9 Å². The number of amides is 2. The summed E-state index contributed by atoms with van der Waals surface area (Å²) >= 11 is 0. The molecule has 3 rings (SSSR count). The van der Waals surface area contributed by atoms with Crippen molar-refractivity contribution in [2.45, 2.75) is 12.5 Å². The molecule has 0 bridgehead atoms. The second-order valence-corrected chi connectivity index (χ2v) is 7.00. The number of benzene rings is 1. The highest BCUT2D eigenvalue weighted by molar-refractivity contribution is 6.08. The molecule has 1 fully saturated rings. The number of nitrogens with one attached hydrogen (secondary N) is 1. The molecule has 0 atom stereocenters. The first-order valence-electron chi connectivity index (χ1n) is 9.98. The second-order valence-electron chi connectivity index (χ2n) is 7.00. The molecule has 0 unspecified atom stereocenters. The molecule has 0 aliphatic carbocycles.